The molecular formula is C24H26Cl3N5O2S. The number of aryl methyl sites for hydroxylation is 1. The van der Waals surface area contributed by atoms with Gasteiger partial charge in [-0.2, -0.15) is 0 Å². The van der Waals surface area contributed by atoms with Gasteiger partial charge in [-0.3, -0.25) is 9.59 Å². The number of hydrogen-bond acceptors (Lipinski definition) is 5. The van der Waals surface area contributed by atoms with Crippen LogP contribution in [0, 0.1) is 12.8 Å². The molecule has 35 heavy (non-hydrogen) atoms. The van der Waals surface area contributed by atoms with E-state index in [4.69, 9.17) is 34.8 Å². The number of aromatic nitrogens is 3. The van der Waals surface area contributed by atoms with Gasteiger partial charge < -0.3 is 15.2 Å². The van der Waals surface area contributed by atoms with Crippen LogP contribution in [0.5, 0.6) is 0 Å². The lowest BCUT2D eigenvalue weighted by atomic mass is 10.0. The van der Waals surface area contributed by atoms with Gasteiger partial charge in [0.1, 0.15) is 0 Å². The van der Waals surface area contributed by atoms with Gasteiger partial charge in [0, 0.05) is 22.8 Å². The van der Waals surface area contributed by atoms with Gasteiger partial charge >= 0.3 is 0 Å². The van der Waals surface area contributed by atoms with Crippen LogP contribution in [0.15, 0.2) is 41.6 Å². The van der Waals surface area contributed by atoms with Crippen molar-refractivity contribution in [3.05, 3.63) is 68.4 Å². The minimum absolute atomic E-state index is 0.138. The minimum Gasteiger partial charge on any atom is -0.342 e. The number of rotatable bonds is 9. The normalized spacial score (nSPS) is 12.0. The summed E-state index contributed by atoms with van der Waals surface area (Å²) in [5.41, 5.74) is 1.92. The molecular weight excluding hydrogens is 529 g/mol. The lowest BCUT2D eigenvalue weighted by Crippen LogP contribution is -2.31. The van der Waals surface area contributed by atoms with Crippen LogP contribution in [0.1, 0.15) is 48.1 Å². The van der Waals surface area contributed by atoms with Crippen molar-refractivity contribution in [3.63, 3.8) is 0 Å². The third kappa shape index (κ3) is 7.36. The maximum atomic E-state index is 12.9. The molecule has 11 heteroatoms. The molecule has 0 aliphatic rings. The molecule has 3 aromatic rings. The van der Waals surface area contributed by atoms with Crippen molar-refractivity contribution in [2.45, 2.75) is 38.4 Å². The number of benzene rings is 2. The van der Waals surface area contributed by atoms with E-state index in [1.807, 2.05) is 20.0 Å². The molecule has 1 aromatic heterocycles. The average Bonchev–Trinajstić information content (AvgIpc) is 3.14. The molecule has 186 valence electrons. The highest BCUT2D eigenvalue weighted by Gasteiger charge is 2.24. The summed E-state index contributed by atoms with van der Waals surface area (Å²) in [6, 6.07) is 9.67. The number of nitrogens with zero attached hydrogens (tertiary/aromatic N) is 3. The molecule has 0 bridgehead atoms. The van der Waals surface area contributed by atoms with E-state index in [0.29, 0.717) is 38.7 Å². The van der Waals surface area contributed by atoms with Crippen LogP contribution in [0.4, 0.5) is 5.69 Å². The molecule has 2 amide bonds. The Morgan fingerprint density at radius 3 is 2.43 bits per heavy atom. The van der Waals surface area contributed by atoms with Crippen LogP contribution in [0.2, 0.25) is 15.1 Å². The Hall–Kier alpha value is -2.26. The Labute approximate surface area is 223 Å². The number of carbonyl (C=O) groups excluding carboxylic acids is 2. The molecule has 0 fully saturated rings. The van der Waals surface area contributed by atoms with Crippen molar-refractivity contribution < 1.29 is 9.59 Å². The first kappa shape index (κ1) is 27.3. The summed E-state index contributed by atoms with van der Waals surface area (Å²) in [6.07, 6.45) is 0.641. The van der Waals surface area contributed by atoms with Crippen molar-refractivity contribution in [2.75, 3.05) is 11.1 Å². The lowest BCUT2D eigenvalue weighted by Gasteiger charge is -2.20. The molecule has 0 saturated heterocycles. The molecule has 0 saturated carbocycles. The molecule has 3 rings (SSSR count). The van der Waals surface area contributed by atoms with Gasteiger partial charge in [-0.25, -0.2) is 0 Å². The molecule has 2 N–H and O–H groups in total. The van der Waals surface area contributed by atoms with E-state index in [0.717, 1.165) is 5.56 Å². The Morgan fingerprint density at radius 1 is 1.06 bits per heavy atom. The fraction of sp³-hybridized carbons (Fsp3) is 0.333. The van der Waals surface area contributed by atoms with Gasteiger partial charge in [-0.1, -0.05) is 66.5 Å². The molecule has 7 nitrogen and oxygen atoms in total. The van der Waals surface area contributed by atoms with E-state index in [2.05, 4.69) is 34.7 Å². The van der Waals surface area contributed by atoms with E-state index >= 15 is 0 Å². The second kappa shape index (κ2) is 12.1. The lowest BCUT2D eigenvalue weighted by molar-refractivity contribution is -0.113. The summed E-state index contributed by atoms with van der Waals surface area (Å²) in [4.78, 5) is 25.4. The van der Waals surface area contributed by atoms with Gasteiger partial charge in [-0.15, -0.1) is 10.2 Å². The fourth-order valence-corrected chi connectivity index (χ4v) is 4.80. The Balaban J connectivity index is 1.71. The van der Waals surface area contributed by atoms with Crippen LogP contribution in [-0.4, -0.2) is 32.3 Å². The number of thioether (sulfide) groups is 1. The second-order valence-electron chi connectivity index (χ2n) is 8.48. The maximum Gasteiger partial charge on any atom is 0.253 e. The first-order valence-electron chi connectivity index (χ1n) is 10.9. The van der Waals surface area contributed by atoms with Gasteiger partial charge in [0.25, 0.3) is 5.91 Å². The summed E-state index contributed by atoms with van der Waals surface area (Å²) >= 11 is 19.5. The van der Waals surface area contributed by atoms with E-state index in [-0.39, 0.29) is 28.5 Å². The third-order valence-electron chi connectivity index (χ3n) is 5.17. The maximum absolute atomic E-state index is 12.9. The number of carbonyl (C=O) groups is 2. The van der Waals surface area contributed by atoms with Crippen LogP contribution in [0.3, 0.4) is 0 Å². The predicted octanol–water partition coefficient (Wildman–Crippen LogP) is 6.33. The summed E-state index contributed by atoms with van der Waals surface area (Å²) < 4.78 is 1.79. The number of halogens is 3. The Kier molecular flexibility index (Phi) is 9.47. The van der Waals surface area contributed by atoms with E-state index < -0.39 is 6.04 Å². The zero-order valence-electron chi connectivity index (χ0n) is 19.7. The molecule has 0 radical (unpaired) electrons. The smallest absolute Gasteiger partial charge is 0.253 e. The van der Waals surface area contributed by atoms with Crippen molar-refractivity contribution in [1.82, 2.24) is 20.1 Å². The number of hydrogen-bond donors (Lipinski definition) is 2. The van der Waals surface area contributed by atoms with Crippen molar-refractivity contribution in [2.24, 2.45) is 13.0 Å². The zero-order valence-corrected chi connectivity index (χ0v) is 22.8. The molecule has 0 unspecified atom stereocenters. The van der Waals surface area contributed by atoms with E-state index in [1.165, 1.54) is 17.8 Å². The van der Waals surface area contributed by atoms with Crippen LogP contribution in [0.25, 0.3) is 0 Å². The van der Waals surface area contributed by atoms with Crippen molar-refractivity contribution in [3.8, 4) is 0 Å². The molecule has 1 heterocycles. The second-order valence-corrected chi connectivity index (χ2v) is 10.7. The highest BCUT2D eigenvalue weighted by atomic mass is 35.5. The number of nitrogens with one attached hydrogen (secondary N) is 2. The summed E-state index contributed by atoms with van der Waals surface area (Å²) in [6.45, 7) is 6.01. The number of amides is 2. The van der Waals surface area contributed by atoms with E-state index in [9.17, 15) is 9.59 Å². The quantitative estimate of drug-likeness (QED) is 0.302. The molecule has 2 aromatic carbocycles. The summed E-state index contributed by atoms with van der Waals surface area (Å²) in [5, 5.41) is 16.3. The highest BCUT2D eigenvalue weighted by Crippen LogP contribution is 2.27. The fourth-order valence-electron chi connectivity index (χ4n) is 3.41. The minimum atomic E-state index is -0.399. The monoisotopic (exact) mass is 553 g/mol. The zero-order chi connectivity index (χ0) is 25.7. The Morgan fingerprint density at radius 2 is 1.74 bits per heavy atom. The highest BCUT2D eigenvalue weighted by molar-refractivity contribution is 7.99. The molecule has 1 atom stereocenters. The first-order valence-corrected chi connectivity index (χ1v) is 13.0. The summed E-state index contributed by atoms with van der Waals surface area (Å²) in [5.74, 6) is 0.492. The Bertz CT molecular complexity index is 1230. The van der Waals surface area contributed by atoms with Gasteiger partial charge in [-0.05, 0) is 55.2 Å². The predicted molar refractivity (Wildman–Crippen MR) is 143 cm³/mol. The molecule has 0 aliphatic carbocycles. The molecule has 0 spiro atoms. The average molecular weight is 555 g/mol. The topological polar surface area (TPSA) is 88.9 Å². The van der Waals surface area contributed by atoms with Crippen molar-refractivity contribution in [1.29, 1.82) is 0 Å². The largest absolute Gasteiger partial charge is 0.342 e. The SMILES string of the molecule is Cc1ccc(Cl)cc1NC(=O)CSc1nnc([C@@H](CC(C)C)NC(=O)c2ccc(Cl)cc2Cl)n1C. The van der Waals surface area contributed by atoms with Crippen LogP contribution in [-0.2, 0) is 11.8 Å². The van der Waals surface area contributed by atoms with Gasteiger partial charge in [0.2, 0.25) is 5.91 Å². The summed E-state index contributed by atoms with van der Waals surface area (Å²) in [7, 11) is 1.81. The van der Waals surface area contributed by atoms with Crippen LogP contribution < -0.4 is 10.6 Å². The standard InChI is InChI=1S/C24H26Cl3N5O2S/c1-13(2)9-20(29-23(34)17-8-7-15(25)10-18(17)27)22-30-31-24(32(22)4)35-12-21(33)28-19-11-16(26)6-5-14(19)3/h5-8,10-11,13,20H,9,12H2,1-4H3,(H,28,33)(H,29,34)/t20-/m1/s1. The molecule has 0 aliphatic heterocycles. The van der Waals surface area contributed by atoms with Gasteiger partial charge in [0.15, 0.2) is 11.0 Å². The van der Waals surface area contributed by atoms with Crippen molar-refractivity contribution >= 4 is 64.1 Å². The first-order chi connectivity index (χ1) is 16.5. The number of anilines is 1. The third-order valence-corrected chi connectivity index (χ3v) is 6.98. The van der Waals surface area contributed by atoms with Crippen LogP contribution >= 0.6 is 46.6 Å². The van der Waals surface area contributed by atoms with E-state index in [1.54, 1.807) is 28.8 Å². The van der Waals surface area contributed by atoms with Gasteiger partial charge in [0.05, 0.1) is 22.4 Å².